The molecular formula is C27H17N3O2. The van der Waals surface area contributed by atoms with Crippen LogP contribution >= 0.6 is 0 Å². The van der Waals surface area contributed by atoms with Crippen molar-refractivity contribution in [3.8, 4) is 0 Å². The van der Waals surface area contributed by atoms with Crippen LogP contribution in [0.2, 0.25) is 0 Å². The van der Waals surface area contributed by atoms with Gasteiger partial charge in [-0.3, -0.25) is 9.59 Å². The fourth-order valence-electron chi connectivity index (χ4n) is 4.46. The van der Waals surface area contributed by atoms with Gasteiger partial charge in [-0.05, 0) is 24.3 Å². The van der Waals surface area contributed by atoms with Crippen LogP contribution in [0.5, 0.6) is 0 Å². The summed E-state index contributed by atoms with van der Waals surface area (Å²) in [5.41, 5.74) is 10.9. The summed E-state index contributed by atoms with van der Waals surface area (Å²) in [6.45, 7) is 0. The Morgan fingerprint density at radius 3 is 1.78 bits per heavy atom. The number of rotatable bonds is 2. The van der Waals surface area contributed by atoms with Gasteiger partial charge in [0.2, 0.25) is 0 Å². The third-order valence-corrected chi connectivity index (χ3v) is 5.96. The monoisotopic (exact) mass is 415 g/mol. The molecule has 6 rings (SSSR count). The van der Waals surface area contributed by atoms with E-state index in [0.29, 0.717) is 28.1 Å². The molecule has 0 bridgehead atoms. The highest BCUT2D eigenvalue weighted by atomic mass is 16.1. The second-order valence-electron chi connectivity index (χ2n) is 7.80. The average Bonchev–Trinajstić information content (AvgIpc) is 2.83. The van der Waals surface area contributed by atoms with Crippen molar-refractivity contribution in [2.45, 2.75) is 0 Å². The molecule has 0 aliphatic heterocycles. The van der Waals surface area contributed by atoms with Crippen molar-refractivity contribution in [1.82, 2.24) is 4.98 Å². The molecule has 4 aromatic carbocycles. The van der Waals surface area contributed by atoms with E-state index in [2.05, 4.69) is 5.32 Å². The first kappa shape index (κ1) is 18.3. The number of nitrogens with two attached hydrogens (primary N) is 1. The number of aromatic nitrogens is 1. The minimum Gasteiger partial charge on any atom is -0.398 e. The molecule has 1 aromatic heterocycles. The van der Waals surface area contributed by atoms with E-state index >= 15 is 0 Å². The Morgan fingerprint density at radius 2 is 1.16 bits per heavy atom. The van der Waals surface area contributed by atoms with Crippen LogP contribution in [-0.4, -0.2) is 16.6 Å². The second-order valence-corrected chi connectivity index (χ2v) is 7.80. The summed E-state index contributed by atoms with van der Waals surface area (Å²) in [5.74, 6) is -0.450. The standard InChI is InChI=1S/C27H17N3O2/c28-19-13-14-22(24-23(19)26(31)15-7-1-2-8-16(15)27(24)32)30-25-17-9-3-5-11-20(17)29-21-12-6-4-10-18(21)25/h1-14H,28H2,(H,29,30). The molecule has 1 aliphatic carbocycles. The summed E-state index contributed by atoms with van der Waals surface area (Å²) in [6.07, 6.45) is 0. The Morgan fingerprint density at radius 1 is 0.625 bits per heavy atom. The van der Waals surface area contributed by atoms with Crippen molar-refractivity contribution < 1.29 is 9.59 Å². The van der Waals surface area contributed by atoms with Crippen molar-refractivity contribution in [2.24, 2.45) is 0 Å². The predicted molar refractivity (Wildman–Crippen MR) is 127 cm³/mol. The Kier molecular flexibility index (Phi) is 3.86. The van der Waals surface area contributed by atoms with Crippen molar-refractivity contribution in [3.63, 3.8) is 0 Å². The van der Waals surface area contributed by atoms with Gasteiger partial charge in [0.1, 0.15) is 0 Å². The minimum absolute atomic E-state index is 0.215. The number of carbonyl (C=O) groups is 2. The molecule has 1 heterocycles. The Bertz CT molecular complexity index is 1550. The summed E-state index contributed by atoms with van der Waals surface area (Å²) in [4.78, 5) is 31.5. The highest BCUT2D eigenvalue weighted by molar-refractivity contribution is 6.32. The maximum atomic E-state index is 13.5. The number of benzene rings is 4. The zero-order valence-electron chi connectivity index (χ0n) is 16.9. The zero-order valence-corrected chi connectivity index (χ0v) is 16.9. The summed E-state index contributed by atoms with van der Waals surface area (Å²) >= 11 is 0. The van der Waals surface area contributed by atoms with Crippen molar-refractivity contribution >= 4 is 50.4 Å². The molecule has 3 N–H and O–H groups in total. The molecule has 0 radical (unpaired) electrons. The first-order valence-corrected chi connectivity index (χ1v) is 10.3. The third-order valence-electron chi connectivity index (χ3n) is 5.96. The number of nitrogens with one attached hydrogen (secondary N) is 1. The van der Waals surface area contributed by atoms with Gasteiger partial charge in [0.15, 0.2) is 11.6 Å². The molecule has 5 aromatic rings. The lowest BCUT2D eigenvalue weighted by molar-refractivity contribution is 0.0980. The maximum absolute atomic E-state index is 13.5. The minimum atomic E-state index is -0.235. The van der Waals surface area contributed by atoms with Crippen LogP contribution < -0.4 is 11.1 Å². The molecule has 0 fully saturated rings. The van der Waals surface area contributed by atoms with E-state index in [1.54, 1.807) is 36.4 Å². The van der Waals surface area contributed by atoms with Gasteiger partial charge in [0.25, 0.3) is 0 Å². The molecule has 5 heteroatoms. The van der Waals surface area contributed by atoms with Crippen molar-refractivity contribution in [3.05, 3.63) is 107 Å². The van der Waals surface area contributed by atoms with Gasteiger partial charge < -0.3 is 11.1 Å². The Labute approximate surface area is 183 Å². The number of nitrogens with zero attached hydrogens (tertiary/aromatic N) is 1. The van der Waals surface area contributed by atoms with Gasteiger partial charge in [-0.1, -0.05) is 60.7 Å². The van der Waals surface area contributed by atoms with Gasteiger partial charge >= 0.3 is 0 Å². The number of fused-ring (bicyclic) bond motifs is 4. The number of ketones is 2. The SMILES string of the molecule is Nc1ccc(Nc2c3ccccc3nc3ccccc23)c2c1C(=O)c1ccccc1C2=O. The number of pyridine rings is 1. The lowest BCUT2D eigenvalue weighted by Gasteiger charge is -2.23. The fraction of sp³-hybridized carbons (Fsp3) is 0. The molecule has 0 atom stereocenters. The van der Waals surface area contributed by atoms with Gasteiger partial charge in [-0.2, -0.15) is 0 Å². The van der Waals surface area contributed by atoms with E-state index < -0.39 is 0 Å². The van der Waals surface area contributed by atoms with Crippen LogP contribution in [0.15, 0.2) is 84.9 Å². The number of hydrogen-bond acceptors (Lipinski definition) is 5. The molecule has 1 aliphatic rings. The number of carbonyl (C=O) groups excluding carboxylic acids is 2. The molecule has 0 amide bonds. The van der Waals surface area contributed by atoms with Crippen LogP contribution in [0.1, 0.15) is 31.8 Å². The van der Waals surface area contributed by atoms with E-state index in [0.717, 1.165) is 27.5 Å². The van der Waals surface area contributed by atoms with E-state index in [1.807, 2.05) is 48.5 Å². The highest BCUT2D eigenvalue weighted by Gasteiger charge is 2.33. The fourth-order valence-corrected chi connectivity index (χ4v) is 4.46. The van der Waals surface area contributed by atoms with E-state index in [9.17, 15) is 9.59 Å². The summed E-state index contributed by atoms with van der Waals surface area (Å²) in [6, 6.07) is 26.0. The van der Waals surface area contributed by atoms with Crippen LogP contribution in [0.4, 0.5) is 17.1 Å². The molecule has 5 nitrogen and oxygen atoms in total. The topological polar surface area (TPSA) is 85.1 Å². The average molecular weight is 415 g/mol. The van der Waals surface area contributed by atoms with Crippen LogP contribution in [0.3, 0.4) is 0 Å². The van der Waals surface area contributed by atoms with Crippen LogP contribution in [0.25, 0.3) is 21.8 Å². The van der Waals surface area contributed by atoms with Gasteiger partial charge in [-0.15, -0.1) is 0 Å². The lowest BCUT2D eigenvalue weighted by atomic mass is 9.82. The summed E-state index contributed by atoms with van der Waals surface area (Å²) in [5, 5.41) is 5.30. The summed E-state index contributed by atoms with van der Waals surface area (Å²) < 4.78 is 0. The maximum Gasteiger partial charge on any atom is 0.196 e. The van der Waals surface area contributed by atoms with E-state index in [1.165, 1.54) is 0 Å². The molecule has 0 spiro atoms. The first-order valence-electron chi connectivity index (χ1n) is 10.3. The van der Waals surface area contributed by atoms with E-state index in [-0.39, 0.29) is 17.1 Å². The molecule has 152 valence electrons. The number of para-hydroxylation sites is 2. The van der Waals surface area contributed by atoms with Gasteiger partial charge in [0, 0.05) is 27.6 Å². The zero-order chi connectivity index (χ0) is 21.8. The number of anilines is 3. The highest BCUT2D eigenvalue weighted by Crippen LogP contribution is 2.39. The summed E-state index contributed by atoms with van der Waals surface area (Å²) in [7, 11) is 0. The lowest BCUT2D eigenvalue weighted by Crippen LogP contribution is -2.23. The van der Waals surface area contributed by atoms with Gasteiger partial charge in [-0.25, -0.2) is 4.98 Å². The molecule has 32 heavy (non-hydrogen) atoms. The van der Waals surface area contributed by atoms with Crippen molar-refractivity contribution in [2.75, 3.05) is 11.1 Å². The molecule has 0 saturated carbocycles. The van der Waals surface area contributed by atoms with E-state index in [4.69, 9.17) is 10.7 Å². The number of nitrogen functional groups attached to an aromatic ring is 1. The predicted octanol–water partition coefficient (Wildman–Crippen LogP) is 5.49. The van der Waals surface area contributed by atoms with Crippen LogP contribution in [0, 0.1) is 0 Å². The quantitative estimate of drug-likeness (QED) is 0.289. The van der Waals surface area contributed by atoms with Gasteiger partial charge in [0.05, 0.1) is 33.5 Å². The number of hydrogen-bond donors (Lipinski definition) is 2. The molecule has 0 saturated heterocycles. The first-order chi connectivity index (χ1) is 15.6. The largest absolute Gasteiger partial charge is 0.398 e. The molecular weight excluding hydrogens is 398 g/mol. The Balaban J connectivity index is 1.62. The van der Waals surface area contributed by atoms with Crippen molar-refractivity contribution in [1.29, 1.82) is 0 Å². The Hall–Kier alpha value is -4.51. The smallest absolute Gasteiger partial charge is 0.196 e. The normalized spacial score (nSPS) is 12.6. The molecule has 0 unspecified atom stereocenters. The third kappa shape index (κ3) is 2.55. The second kappa shape index (κ2) is 6.75. The van der Waals surface area contributed by atoms with Crippen LogP contribution in [-0.2, 0) is 0 Å².